The molecule has 1 aromatic rings. The van der Waals surface area contributed by atoms with Crippen LogP contribution in [0.3, 0.4) is 0 Å². The molecular formula is C11H12O. The summed E-state index contributed by atoms with van der Waals surface area (Å²) in [4.78, 5) is 0. The summed E-state index contributed by atoms with van der Waals surface area (Å²) >= 11 is 0. The smallest absolute Gasteiger partial charge is 0.107 e. The van der Waals surface area contributed by atoms with E-state index in [0.717, 1.165) is 19.3 Å². The first-order chi connectivity index (χ1) is 5.93. The summed E-state index contributed by atoms with van der Waals surface area (Å²) in [6.45, 7) is 0. The predicted octanol–water partition coefficient (Wildman–Crippen LogP) is 2.34. The maximum atomic E-state index is 8.20. The molecule has 1 rings (SSSR count). The van der Waals surface area contributed by atoms with Crippen molar-refractivity contribution in [3.8, 4) is 12.0 Å². The summed E-state index contributed by atoms with van der Waals surface area (Å²) < 4.78 is 0. The molecule has 0 aliphatic heterocycles. The number of hydrogen-bond donors (Lipinski definition) is 1. The van der Waals surface area contributed by atoms with Crippen LogP contribution in [0.1, 0.15) is 18.4 Å². The minimum atomic E-state index is 0.769. The van der Waals surface area contributed by atoms with Gasteiger partial charge in [0, 0.05) is 6.42 Å². The van der Waals surface area contributed by atoms with Gasteiger partial charge in [0.1, 0.15) is 6.11 Å². The van der Waals surface area contributed by atoms with E-state index in [2.05, 4.69) is 18.1 Å². The van der Waals surface area contributed by atoms with Gasteiger partial charge in [0.2, 0.25) is 0 Å². The van der Waals surface area contributed by atoms with Gasteiger partial charge in [0.25, 0.3) is 0 Å². The van der Waals surface area contributed by atoms with Crippen LogP contribution in [0, 0.1) is 12.0 Å². The summed E-state index contributed by atoms with van der Waals surface area (Å²) in [6, 6.07) is 10.3. The maximum Gasteiger partial charge on any atom is 0.107 e. The van der Waals surface area contributed by atoms with Crippen molar-refractivity contribution in [2.75, 3.05) is 0 Å². The Morgan fingerprint density at radius 3 is 2.58 bits per heavy atom. The van der Waals surface area contributed by atoms with Crippen molar-refractivity contribution in [1.29, 1.82) is 0 Å². The molecule has 0 spiro atoms. The number of unbranched alkanes of at least 4 members (excludes halogenated alkanes) is 1. The summed E-state index contributed by atoms with van der Waals surface area (Å²) in [6.07, 6.45) is 4.72. The van der Waals surface area contributed by atoms with Gasteiger partial charge in [-0.3, -0.25) is 0 Å². The van der Waals surface area contributed by atoms with Crippen molar-refractivity contribution in [3.63, 3.8) is 0 Å². The summed E-state index contributed by atoms with van der Waals surface area (Å²) in [5.41, 5.74) is 1.33. The highest BCUT2D eigenvalue weighted by atomic mass is 16.2. The SMILES string of the molecule is OC#CCCCc1ccccc1. The lowest BCUT2D eigenvalue weighted by Gasteiger charge is -1.96. The van der Waals surface area contributed by atoms with Crippen molar-refractivity contribution >= 4 is 0 Å². The average molecular weight is 160 g/mol. The summed E-state index contributed by atoms with van der Waals surface area (Å²) in [5, 5.41) is 8.20. The molecule has 0 radical (unpaired) electrons. The van der Waals surface area contributed by atoms with Gasteiger partial charge in [-0.15, -0.1) is 0 Å². The molecule has 0 saturated carbocycles. The van der Waals surface area contributed by atoms with Crippen LogP contribution in [0.4, 0.5) is 0 Å². The average Bonchev–Trinajstić information content (AvgIpc) is 2.14. The third kappa shape index (κ3) is 3.12. The van der Waals surface area contributed by atoms with Gasteiger partial charge in [-0.2, -0.15) is 0 Å². The number of hydrogen-bond acceptors (Lipinski definition) is 1. The van der Waals surface area contributed by atoms with Crippen molar-refractivity contribution in [3.05, 3.63) is 35.9 Å². The zero-order valence-corrected chi connectivity index (χ0v) is 6.96. The maximum absolute atomic E-state index is 8.20. The molecule has 0 aromatic heterocycles. The van der Waals surface area contributed by atoms with E-state index in [0.29, 0.717) is 0 Å². The topological polar surface area (TPSA) is 20.2 Å². The molecule has 0 amide bonds. The van der Waals surface area contributed by atoms with E-state index in [1.807, 2.05) is 24.3 Å². The molecule has 0 bridgehead atoms. The summed E-state index contributed by atoms with van der Waals surface area (Å²) in [5.74, 6) is 2.62. The van der Waals surface area contributed by atoms with Crippen molar-refractivity contribution < 1.29 is 5.11 Å². The second kappa shape index (κ2) is 5.26. The van der Waals surface area contributed by atoms with E-state index >= 15 is 0 Å². The molecule has 0 atom stereocenters. The molecule has 0 aliphatic carbocycles. The van der Waals surface area contributed by atoms with Crippen LogP contribution in [0.25, 0.3) is 0 Å². The highest BCUT2D eigenvalue weighted by Crippen LogP contribution is 2.03. The van der Waals surface area contributed by atoms with Gasteiger partial charge in [-0.1, -0.05) is 36.3 Å². The standard InChI is InChI=1S/C11H12O/c12-10-6-2-5-9-11-7-3-1-4-8-11/h1,3-4,7-8,12H,2,5,9H2. The zero-order chi connectivity index (χ0) is 8.65. The lowest BCUT2D eigenvalue weighted by atomic mass is 10.1. The second-order valence-corrected chi connectivity index (χ2v) is 2.63. The Morgan fingerprint density at radius 1 is 1.17 bits per heavy atom. The largest absolute Gasteiger partial charge is 0.462 e. The van der Waals surface area contributed by atoms with E-state index in [-0.39, 0.29) is 0 Å². The van der Waals surface area contributed by atoms with Gasteiger partial charge in [0.15, 0.2) is 0 Å². The van der Waals surface area contributed by atoms with Crippen molar-refractivity contribution in [2.24, 2.45) is 0 Å². The van der Waals surface area contributed by atoms with Crippen molar-refractivity contribution in [1.82, 2.24) is 0 Å². The normalized spacial score (nSPS) is 8.67. The molecule has 0 saturated heterocycles. The fourth-order valence-electron chi connectivity index (χ4n) is 1.08. The number of rotatable bonds is 3. The predicted molar refractivity (Wildman–Crippen MR) is 49.1 cm³/mol. The van der Waals surface area contributed by atoms with E-state index < -0.39 is 0 Å². The number of aliphatic hydroxyl groups is 1. The van der Waals surface area contributed by atoms with E-state index in [9.17, 15) is 0 Å². The van der Waals surface area contributed by atoms with Gasteiger partial charge in [-0.25, -0.2) is 0 Å². The minimum absolute atomic E-state index is 0.769. The molecule has 0 heterocycles. The Hall–Kier alpha value is -1.42. The first kappa shape index (κ1) is 8.67. The molecule has 1 N–H and O–H groups in total. The molecule has 1 heteroatoms. The number of benzene rings is 1. The van der Waals surface area contributed by atoms with Crippen LogP contribution in [0.5, 0.6) is 0 Å². The van der Waals surface area contributed by atoms with Gasteiger partial charge in [-0.05, 0) is 18.4 Å². The molecule has 0 aliphatic rings. The zero-order valence-electron chi connectivity index (χ0n) is 6.96. The van der Waals surface area contributed by atoms with E-state index in [4.69, 9.17) is 5.11 Å². The molecule has 0 fully saturated rings. The second-order valence-electron chi connectivity index (χ2n) is 2.63. The highest BCUT2D eigenvalue weighted by molar-refractivity contribution is 5.14. The number of aliphatic hydroxyl groups excluding tert-OH is 1. The number of aryl methyl sites for hydroxylation is 1. The quantitative estimate of drug-likeness (QED) is 0.531. The van der Waals surface area contributed by atoms with Crippen LogP contribution in [-0.4, -0.2) is 5.11 Å². The van der Waals surface area contributed by atoms with E-state index in [1.54, 1.807) is 0 Å². The Balaban J connectivity index is 2.27. The lowest BCUT2D eigenvalue weighted by molar-refractivity contribution is 0.516. The van der Waals surface area contributed by atoms with E-state index in [1.165, 1.54) is 5.56 Å². The monoisotopic (exact) mass is 160 g/mol. The molecular weight excluding hydrogens is 148 g/mol. The first-order valence-electron chi connectivity index (χ1n) is 4.09. The molecule has 12 heavy (non-hydrogen) atoms. The van der Waals surface area contributed by atoms with Gasteiger partial charge in [0.05, 0.1) is 0 Å². The van der Waals surface area contributed by atoms with Crippen LogP contribution >= 0.6 is 0 Å². The third-order valence-corrected chi connectivity index (χ3v) is 1.69. The van der Waals surface area contributed by atoms with Crippen LogP contribution in [0.2, 0.25) is 0 Å². The van der Waals surface area contributed by atoms with Crippen LogP contribution in [-0.2, 0) is 6.42 Å². The Labute approximate surface area is 73.0 Å². The van der Waals surface area contributed by atoms with Gasteiger partial charge < -0.3 is 5.11 Å². The Bertz CT molecular complexity index is 266. The molecule has 0 unspecified atom stereocenters. The van der Waals surface area contributed by atoms with Crippen molar-refractivity contribution in [2.45, 2.75) is 19.3 Å². The Kier molecular flexibility index (Phi) is 3.80. The fourth-order valence-corrected chi connectivity index (χ4v) is 1.08. The van der Waals surface area contributed by atoms with Crippen LogP contribution < -0.4 is 0 Å². The third-order valence-electron chi connectivity index (χ3n) is 1.69. The molecule has 1 nitrogen and oxygen atoms in total. The minimum Gasteiger partial charge on any atom is -0.462 e. The first-order valence-corrected chi connectivity index (χ1v) is 4.09. The Morgan fingerprint density at radius 2 is 1.92 bits per heavy atom. The molecule has 62 valence electrons. The summed E-state index contributed by atoms with van der Waals surface area (Å²) in [7, 11) is 0. The van der Waals surface area contributed by atoms with Crippen LogP contribution in [0.15, 0.2) is 30.3 Å². The van der Waals surface area contributed by atoms with Gasteiger partial charge >= 0.3 is 0 Å². The molecule has 1 aromatic carbocycles. The highest BCUT2D eigenvalue weighted by Gasteiger charge is 1.88. The lowest BCUT2D eigenvalue weighted by Crippen LogP contribution is -1.82. The fraction of sp³-hybridized carbons (Fsp3) is 0.273.